The Morgan fingerprint density at radius 1 is 1.35 bits per heavy atom. The topological polar surface area (TPSA) is 52.5 Å². The van der Waals surface area contributed by atoms with Crippen LogP contribution in [0.25, 0.3) is 0 Å². The van der Waals surface area contributed by atoms with E-state index in [9.17, 15) is 10.2 Å². The Kier molecular flexibility index (Phi) is 5.06. The predicted octanol–water partition coefficient (Wildman–Crippen LogP) is 2.85. The van der Waals surface area contributed by atoms with Crippen molar-refractivity contribution < 1.29 is 10.2 Å². The smallest absolute Gasteiger partial charge is 0.115 e. The maximum Gasteiger partial charge on any atom is 0.115 e. The molecule has 112 valence electrons. The lowest BCUT2D eigenvalue weighted by atomic mass is 9.85. The van der Waals surface area contributed by atoms with Crippen molar-refractivity contribution in [3.63, 3.8) is 0 Å². The quantitative estimate of drug-likeness (QED) is 0.749. The Hall–Kier alpha value is -1.06. The van der Waals surface area contributed by atoms with E-state index in [4.69, 9.17) is 0 Å². The first-order valence-electron chi connectivity index (χ1n) is 7.68. The summed E-state index contributed by atoms with van der Waals surface area (Å²) in [7, 11) is 0. The molecule has 1 aromatic carbocycles. The molecule has 0 heterocycles. The Bertz CT molecular complexity index is 418. The summed E-state index contributed by atoms with van der Waals surface area (Å²) in [5.74, 6) is 0.324. The normalized spacial score (nSPS) is 27.6. The largest absolute Gasteiger partial charge is 0.508 e. The summed E-state index contributed by atoms with van der Waals surface area (Å²) in [6, 6.07) is 8.32. The van der Waals surface area contributed by atoms with E-state index in [1.807, 2.05) is 12.1 Å². The van der Waals surface area contributed by atoms with E-state index in [-0.39, 0.29) is 12.0 Å². The molecule has 3 heteroatoms. The van der Waals surface area contributed by atoms with E-state index < -0.39 is 0 Å². The predicted molar refractivity (Wildman–Crippen MR) is 81.9 cm³/mol. The van der Waals surface area contributed by atoms with Crippen LogP contribution in [-0.4, -0.2) is 28.9 Å². The number of aromatic hydroxyl groups is 1. The van der Waals surface area contributed by atoms with Gasteiger partial charge in [-0.3, -0.25) is 0 Å². The Morgan fingerprint density at radius 3 is 2.70 bits per heavy atom. The summed E-state index contributed by atoms with van der Waals surface area (Å²) in [6.45, 7) is 4.68. The summed E-state index contributed by atoms with van der Waals surface area (Å²) in [5.41, 5.74) is 1.31. The third kappa shape index (κ3) is 3.74. The van der Waals surface area contributed by atoms with Gasteiger partial charge in [-0.2, -0.15) is 0 Å². The zero-order valence-electron chi connectivity index (χ0n) is 12.6. The van der Waals surface area contributed by atoms with Crippen LogP contribution in [0, 0.1) is 5.41 Å². The van der Waals surface area contributed by atoms with Gasteiger partial charge in [0.25, 0.3) is 0 Å². The van der Waals surface area contributed by atoms with Crippen molar-refractivity contribution in [2.45, 2.75) is 58.0 Å². The van der Waals surface area contributed by atoms with Gasteiger partial charge in [0, 0.05) is 24.1 Å². The summed E-state index contributed by atoms with van der Waals surface area (Å²) in [5, 5.41) is 22.5. The number of rotatable bonds is 6. The average molecular weight is 277 g/mol. The Balaban J connectivity index is 1.80. The fourth-order valence-corrected chi connectivity index (χ4v) is 3.18. The molecule has 0 radical (unpaired) electrons. The second-order valence-electron chi connectivity index (χ2n) is 6.53. The maximum absolute atomic E-state index is 9.58. The molecule has 3 atom stereocenters. The van der Waals surface area contributed by atoms with Gasteiger partial charge >= 0.3 is 0 Å². The molecule has 0 aliphatic heterocycles. The fraction of sp³-hybridized carbons (Fsp3) is 0.647. The third-order valence-electron chi connectivity index (χ3n) is 4.73. The molecule has 0 saturated heterocycles. The first-order valence-corrected chi connectivity index (χ1v) is 7.68. The number of nitrogens with one attached hydrogen (secondary N) is 1. The van der Waals surface area contributed by atoms with Gasteiger partial charge in [0.2, 0.25) is 0 Å². The highest BCUT2D eigenvalue weighted by Gasteiger charge is 2.38. The van der Waals surface area contributed by atoms with Gasteiger partial charge in [-0.1, -0.05) is 25.5 Å². The first-order chi connectivity index (χ1) is 9.53. The van der Waals surface area contributed by atoms with Gasteiger partial charge in [0.1, 0.15) is 5.75 Å². The molecule has 0 amide bonds. The molecule has 3 N–H and O–H groups in total. The minimum absolute atomic E-state index is 0.0484. The maximum atomic E-state index is 9.58. The molecule has 0 bridgehead atoms. The summed E-state index contributed by atoms with van der Waals surface area (Å²) in [4.78, 5) is 0. The van der Waals surface area contributed by atoms with Crippen LogP contribution in [-0.2, 0) is 6.42 Å². The molecule has 20 heavy (non-hydrogen) atoms. The zero-order chi connectivity index (χ0) is 14.6. The third-order valence-corrected chi connectivity index (χ3v) is 4.73. The zero-order valence-corrected chi connectivity index (χ0v) is 12.6. The van der Waals surface area contributed by atoms with E-state index >= 15 is 0 Å². The van der Waals surface area contributed by atoms with Crippen molar-refractivity contribution in [3.8, 4) is 5.75 Å². The van der Waals surface area contributed by atoms with Crippen LogP contribution in [0.15, 0.2) is 24.3 Å². The molecule has 1 fully saturated rings. The van der Waals surface area contributed by atoms with Crippen molar-refractivity contribution in [2.75, 3.05) is 6.61 Å². The average Bonchev–Trinajstić information content (AvgIpc) is 2.80. The van der Waals surface area contributed by atoms with Gasteiger partial charge < -0.3 is 15.5 Å². The molecule has 0 unspecified atom stereocenters. The number of phenolic OH excluding ortho intramolecular Hbond substituents is 1. The Labute approximate surface area is 122 Å². The molecule has 0 spiro atoms. The van der Waals surface area contributed by atoms with Crippen LogP contribution in [0.3, 0.4) is 0 Å². The van der Waals surface area contributed by atoms with Crippen molar-refractivity contribution in [3.05, 3.63) is 29.8 Å². The monoisotopic (exact) mass is 277 g/mol. The number of aryl methyl sites for hydroxylation is 1. The highest BCUT2D eigenvalue weighted by atomic mass is 16.3. The molecule has 1 aliphatic carbocycles. The molecule has 1 aliphatic rings. The molecule has 3 nitrogen and oxygen atoms in total. The van der Waals surface area contributed by atoms with Gasteiger partial charge in [0.15, 0.2) is 0 Å². The SMILES string of the molecule is C[C@H](CCc1ccc(O)cc1)N[C@H]1CCC[C@@]1(C)CO. The van der Waals surface area contributed by atoms with Crippen LogP contribution < -0.4 is 5.32 Å². The van der Waals surface area contributed by atoms with Crippen molar-refractivity contribution in [1.82, 2.24) is 5.32 Å². The lowest BCUT2D eigenvalue weighted by Gasteiger charge is -2.32. The summed E-state index contributed by atoms with van der Waals surface area (Å²) in [6.07, 6.45) is 5.58. The number of aliphatic hydroxyl groups is 1. The minimum atomic E-state index is 0.0484. The van der Waals surface area contributed by atoms with E-state index in [0.29, 0.717) is 17.8 Å². The molecular weight excluding hydrogens is 250 g/mol. The molecule has 1 saturated carbocycles. The van der Waals surface area contributed by atoms with Crippen LogP contribution in [0.1, 0.15) is 45.1 Å². The second kappa shape index (κ2) is 6.59. The highest BCUT2D eigenvalue weighted by molar-refractivity contribution is 5.25. The van der Waals surface area contributed by atoms with Gasteiger partial charge in [-0.15, -0.1) is 0 Å². The number of phenols is 1. The van der Waals surface area contributed by atoms with Crippen molar-refractivity contribution >= 4 is 0 Å². The van der Waals surface area contributed by atoms with E-state index in [1.54, 1.807) is 12.1 Å². The van der Waals surface area contributed by atoms with E-state index in [1.165, 1.54) is 18.4 Å². The van der Waals surface area contributed by atoms with Crippen molar-refractivity contribution in [2.24, 2.45) is 5.41 Å². The summed E-state index contributed by atoms with van der Waals surface area (Å²) < 4.78 is 0. The van der Waals surface area contributed by atoms with E-state index in [2.05, 4.69) is 19.2 Å². The minimum Gasteiger partial charge on any atom is -0.508 e. The van der Waals surface area contributed by atoms with Crippen molar-refractivity contribution in [1.29, 1.82) is 0 Å². The van der Waals surface area contributed by atoms with Gasteiger partial charge in [-0.25, -0.2) is 0 Å². The van der Waals surface area contributed by atoms with Gasteiger partial charge in [0.05, 0.1) is 0 Å². The summed E-state index contributed by atoms with van der Waals surface area (Å²) >= 11 is 0. The number of benzene rings is 1. The van der Waals surface area contributed by atoms with Crippen LogP contribution in [0.5, 0.6) is 5.75 Å². The first kappa shape index (κ1) is 15.3. The van der Waals surface area contributed by atoms with Crippen LogP contribution in [0.4, 0.5) is 0 Å². The second-order valence-corrected chi connectivity index (χ2v) is 6.53. The van der Waals surface area contributed by atoms with Crippen LogP contribution >= 0.6 is 0 Å². The Morgan fingerprint density at radius 2 is 2.05 bits per heavy atom. The molecule has 0 aromatic heterocycles. The molecule has 1 aromatic rings. The number of aliphatic hydroxyl groups excluding tert-OH is 1. The fourth-order valence-electron chi connectivity index (χ4n) is 3.18. The molecular formula is C17H27NO2. The van der Waals surface area contributed by atoms with E-state index in [0.717, 1.165) is 19.3 Å². The van der Waals surface area contributed by atoms with Crippen LogP contribution in [0.2, 0.25) is 0 Å². The highest BCUT2D eigenvalue weighted by Crippen LogP contribution is 2.37. The lowest BCUT2D eigenvalue weighted by molar-refractivity contribution is 0.114. The van der Waals surface area contributed by atoms with Gasteiger partial charge in [-0.05, 0) is 50.3 Å². The number of hydrogen-bond acceptors (Lipinski definition) is 3. The number of hydrogen-bond donors (Lipinski definition) is 3. The lowest BCUT2D eigenvalue weighted by Crippen LogP contribution is -2.45. The molecule has 2 rings (SSSR count). The standard InChI is InChI=1S/C17H27NO2/c1-13(5-6-14-7-9-15(20)10-8-14)18-16-4-3-11-17(16,2)12-19/h7-10,13,16,18-20H,3-6,11-12H2,1-2H3/t13-,16+,17+/m1/s1.